The highest BCUT2D eigenvalue weighted by molar-refractivity contribution is 5.41. The standard InChI is InChI=1S/C18H23FN4O2/c1-12-5-6-14(19)8-13(12)10-23-16(9-17(24)21(2)18(23)25)22-7-3-4-15(20)11-22/h5-6,8-9,15H,3-4,7,10-11,20H2,1-2H3/t15-/m1/s1. The highest BCUT2D eigenvalue weighted by atomic mass is 19.1. The third-order valence-electron chi connectivity index (χ3n) is 4.80. The summed E-state index contributed by atoms with van der Waals surface area (Å²) in [5, 5.41) is 0. The Bertz CT molecular complexity index is 903. The highest BCUT2D eigenvalue weighted by Gasteiger charge is 2.22. The third-order valence-corrected chi connectivity index (χ3v) is 4.80. The van der Waals surface area contributed by atoms with E-state index in [1.807, 2.05) is 11.8 Å². The molecule has 0 bridgehead atoms. The van der Waals surface area contributed by atoms with Crippen LogP contribution >= 0.6 is 0 Å². The van der Waals surface area contributed by atoms with Crippen LogP contribution in [-0.2, 0) is 13.6 Å². The van der Waals surface area contributed by atoms with Crippen LogP contribution in [-0.4, -0.2) is 28.3 Å². The summed E-state index contributed by atoms with van der Waals surface area (Å²) in [6.45, 7) is 3.41. The Balaban J connectivity index is 2.10. The van der Waals surface area contributed by atoms with Crippen molar-refractivity contribution < 1.29 is 4.39 Å². The van der Waals surface area contributed by atoms with Gasteiger partial charge in [0.25, 0.3) is 5.56 Å². The van der Waals surface area contributed by atoms with Gasteiger partial charge in [-0.2, -0.15) is 0 Å². The molecule has 1 atom stereocenters. The number of nitrogens with zero attached hydrogens (tertiary/aromatic N) is 3. The fourth-order valence-electron chi connectivity index (χ4n) is 3.27. The number of hydrogen-bond donors (Lipinski definition) is 1. The van der Waals surface area contributed by atoms with E-state index in [-0.39, 0.29) is 24.0 Å². The predicted molar refractivity (Wildman–Crippen MR) is 95.6 cm³/mol. The number of rotatable bonds is 3. The van der Waals surface area contributed by atoms with E-state index in [0.717, 1.165) is 29.5 Å². The van der Waals surface area contributed by atoms with Crippen molar-refractivity contribution in [2.75, 3.05) is 18.0 Å². The molecule has 1 aliphatic heterocycles. The lowest BCUT2D eigenvalue weighted by atomic mass is 10.1. The van der Waals surface area contributed by atoms with E-state index in [4.69, 9.17) is 5.73 Å². The summed E-state index contributed by atoms with van der Waals surface area (Å²) in [5.74, 6) is 0.201. The number of benzene rings is 1. The van der Waals surface area contributed by atoms with Gasteiger partial charge in [0.2, 0.25) is 0 Å². The topological polar surface area (TPSA) is 73.3 Å². The summed E-state index contributed by atoms with van der Waals surface area (Å²) in [5.41, 5.74) is 6.89. The van der Waals surface area contributed by atoms with Gasteiger partial charge in [0.05, 0.1) is 6.54 Å². The Hall–Kier alpha value is -2.41. The number of halogens is 1. The van der Waals surface area contributed by atoms with Gasteiger partial charge in [0, 0.05) is 32.2 Å². The van der Waals surface area contributed by atoms with Gasteiger partial charge in [0.1, 0.15) is 11.6 Å². The number of aryl methyl sites for hydroxylation is 1. The van der Waals surface area contributed by atoms with Gasteiger partial charge >= 0.3 is 5.69 Å². The molecular formula is C18H23FN4O2. The van der Waals surface area contributed by atoms with Crippen LogP contribution in [0.2, 0.25) is 0 Å². The SMILES string of the molecule is Cc1ccc(F)cc1Cn1c(N2CCC[C@@H](N)C2)cc(=O)n(C)c1=O. The summed E-state index contributed by atoms with van der Waals surface area (Å²) in [4.78, 5) is 26.8. The number of hydrogen-bond acceptors (Lipinski definition) is 4. The zero-order chi connectivity index (χ0) is 18.1. The molecule has 0 spiro atoms. The largest absolute Gasteiger partial charge is 0.356 e. The van der Waals surface area contributed by atoms with Gasteiger partial charge in [-0.1, -0.05) is 6.07 Å². The molecule has 1 aliphatic rings. The zero-order valence-corrected chi connectivity index (χ0v) is 14.5. The van der Waals surface area contributed by atoms with Crippen LogP contribution in [0, 0.1) is 12.7 Å². The summed E-state index contributed by atoms with van der Waals surface area (Å²) >= 11 is 0. The van der Waals surface area contributed by atoms with Crippen molar-refractivity contribution in [1.29, 1.82) is 0 Å². The lowest BCUT2D eigenvalue weighted by Crippen LogP contribution is -2.47. The van der Waals surface area contributed by atoms with Crippen LogP contribution in [0.25, 0.3) is 0 Å². The molecule has 1 saturated heterocycles. The van der Waals surface area contributed by atoms with Crippen molar-refractivity contribution in [3.63, 3.8) is 0 Å². The molecule has 2 N–H and O–H groups in total. The molecular weight excluding hydrogens is 323 g/mol. The Morgan fingerprint density at radius 3 is 2.76 bits per heavy atom. The van der Waals surface area contributed by atoms with E-state index >= 15 is 0 Å². The summed E-state index contributed by atoms with van der Waals surface area (Å²) in [7, 11) is 1.45. The number of piperidine rings is 1. The van der Waals surface area contributed by atoms with Crippen molar-refractivity contribution in [1.82, 2.24) is 9.13 Å². The van der Waals surface area contributed by atoms with Gasteiger partial charge in [-0.05, 0) is 43.0 Å². The molecule has 3 rings (SSSR count). The van der Waals surface area contributed by atoms with Gasteiger partial charge in [0.15, 0.2) is 0 Å². The first kappa shape index (κ1) is 17.4. The van der Waals surface area contributed by atoms with Gasteiger partial charge in [-0.25, -0.2) is 9.18 Å². The molecule has 1 fully saturated rings. The predicted octanol–water partition coefficient (Wildman–Crippen LogP) is 0.970. The molecule has 0 aliphatic carbocycles. The minimum absolute atomic E-state index is 0.0114. The lowest BCUT2D eigenvalue weighted by molar-refractivity contribution is 0.491. The maximum Gasteiger partial charge on any atom is 0.332 e. The first-order valence-corrected chi connectivity index (χ1v) is 8.43. The van der Waals surface area contributed by atoms with Crippen molar-refractivity contribution >= 4 is 5.82 Å². The van der Waals surface area contributed by atoms with Gasteiger partial charge < -0.3 is 10.6 Å². The van der Waals surface area contributed by atoms with E-state index in [9.17, 15) is 14.0 Å². The van der Waals surface area contributed by atoms with Crippen LogP contribution in [0.3, 0.4) is 0 Å². The molecule has 0 saturated carbocycles. The first-order valence-electron chi connectivity index (χ1n) is 8.43. The quantitative estimate of drug-likeness (QED) is 0.899. The third kappa shape index (κ3) is 3.51. The smallest absolute Gasteiger partial charge is 0.332 e. The number of aromatic nitrogens is 2. The average Bonchev–Trinajstić information content (AvgIpc) is 2.58. The molecule has 134 valence electrons. The lowest BCUT2D eigenvalue weighted by Gasteiger charge is -2.34. The molecule has 7 heteroatoms. The maximum atomic E-state index is 13.6. The van der Waals surface area contributed by atoms with E-state index in [1.54, 1.807) is 6.07 Å². The average molecular weight is 346 g/mol. The Kier molecular flexibility index (Phi) is 4.76. The number of nitrogens with two attached hydrogens (primary N) is 1. The number of anilines is 1. The minimum Gasteiger partial charge on any atom is -0.356 e. The van der Waals surface area contributed by atoms with Crippen LogP contribution in [0.15, 0.2) is 33.9 Å². The van der Waals surface area contributed by atoms with E-state index in [2.05, 4.69) is 0 Å². The Morgan fingerprint density at radius 1 is 1.28 bits per heavy atom. The maximum absolute atomic E-state index is 13.6. The van der Waals surface area contributed by atoms with Crippen molar-refractivity contribution in [3.05, 3.63) is 62.0 Å². The molecule has 1 aromatic heterocycles. The van der Waals surface area contributed by atoms with Gasteiger partial charge in [-0.3, -0.25) is 13.9 Å². The van der Waals surface area contributed by atoms with Crippen LogP contribution in [0.5, 0.6) is 0 Å². The molecule has 6 nitrogen and oxygen atoms in total. The molecule has 0 radical (unpaired) electrons. The zero-order valence-electron chi connectivity index (χ0n) is 14.5. The molecule has 25 heavy (non-hydrogen) atoms. The van der Waals surface area contributed by atoms with E-state index < -0.39 is 5.69 Å². The van der Waals surface area contributed by atoms with Crippen LogP contribution in [0.1, 0.15) is 24.0 Å². The van der Waals surface area contributed by atoms with E-state index in [0.29, 0.717) is 17.9 Å². The van der Waals surface area contributed by atoms with Crippen molar-refractivity contribution in [2.45, 2.75) is 32.4 Å². The second-order valence-electron chi connectivity index (χ2n) is 6.69. The van der Waals surface area contributed by atoms with Crippen molar-refractivity contribution in [3.8, 4) is 0 Å². The second-order valence-corrected chi connectivity index (χ2v) is 6.69. The van der Waals surface area contributed by atoms with Crippen LogP contribution < -0.4 is 21.9 Å². The minimum atomic E-state index is -0.412. The van der Waals surface area contributed by atoms with Gasteiger partial charge in [-0.15, -0.1) is 0 Å². The molecule has 2 aromatic rings. The van der Waals surface area contributed by atoms with Crippen LogP contribution in [0.4, 0.5) is 10.2 Å². The molecule has 0 unspecified atom stereocenters. The first-order chi connectivity index (χ1) is 11.9. The molecule has 2 heterocycles. The normalized spacial score (nSPS) is 17.8. The highest BCUT2D eigenvalue weighted by Crippen LogP contribution is 2.19. The molecule has 0 amide bonds. The summed E-state index contributed by atoms with van der Waals surface area (Å²) < 4.78 is 16.2. The van der Waals surface area contributed by atoms with E-state index in [1.165, 1.54) is 29.8 Å². The molecule has 1 aromatic carbocycles. The fourth-order valence-corrected chi connectivity index (χ4v) is 3.27. The summed E-state index contributed by atoms with van der Waals surface area (Å²) in [6.07, 6.45) is 1.83. The Morgan fingerprint density at radius 2 is 2.04 bits per heavy atom. The fraction of sp³-hybridized carbons (Fsp3) is 0.444. The Labute approximate surface area is 145 Å². The monoisotopic (exact) mass is 346 g/mol. The second kappa shape index (κ2) is 6.84. The van der Waals surface area contributed by atoms with Crippen molar-refractivity contribution in [2.24, 2.45) is 12.8 Å². The summed E-state index contributed by atoms with van der Waals surface area (Å²) in [6, 6.07) is 5.99.